The fourth-order valence-corrected chi connectivity index (χ4v) is 7.85. The highest BCUT2D eigenvalue weighted by atomic mass is 79.9. The summed E-state index contributed by atoms with van der Waals surface area (Å²) in [6.07, 6.45) is 1.07. The summed E-state index contributed by atoms with van der Waals surface area (Å²) in [6.45, 7) is 3.26. The Morgan fingerprint density at radius 1 is 1.09 bits per heavy atom. The molecule has 1 aliphatic heterocycles. The highest BCUT2D eigenvalue weighted by Gasteiger charge is 2.67. The number of likely N-dealkylation sites (tertiary alicyclic amines) is 1. The number of amides is 2. The fraction of sp³-hybridized carbons (Fsp3) is 0.565. The third-order valence-corrected chi connectivity index (χ3v) is 10.6. The number of benzene rings is 1. The Bertz CT molecular complexity index is 987. The van der Waals surface area contributed by atoms with E-state index in [9.17, 15) is 19.2 Å². The molecule has 1 aromatic rings. The van der Waals surface area contributed by atoms with Gasteiger partial charge in [0.2, 0.25) is 17.6 Å². The van der Waals surface area contributed by atoms with Gasteiger partial charge in [-0.1, -0.05) is 68.9 Å². The summed E-state index contributed by atoms with van der Waals surface area (Å²) in [5.74, 6) is -2.59. The maximum absolute atomic E-state index is 13.4. The number of ketones is 1. The minimum absolute atomic E-state index is 0.0228. The SMILES string of the molecule is CC(C)C[C@@H](C(=O)OCC(=O)c1ccc(Cl)cc1Cl)N1C(=O)[C@@H]2[C@@H]3C[C@H]([C@H](Br)[C@@H]3Br)[C@@H]2C1=O. The number of hydrogen-bond acceptors (Lipinski definition) is 5. The smallest absolute Gasteiger partial charge is 0.329 e. The largest absolute Gasteiger partial charge is 0.456 e. The zero-order valence-corrected chi connectivity index (χ0v) is 22.7. The first-order valence-electron chi connectivity index (χ1n) is 10.8. The van der Waals surface area contributed by atoms with Gasteiger partial charge < -0.3 is 4.74 Å². The van der Waals surface area contributed by atoms with Crippen molar-refractivity contribution >= 4 is 78.6 Å². The summed E-state index contributed by atoms with van der Waals surface area (Å²) in [7, 11) is 0. The molecule has 2 bridgehead atoms. The number of esters is 1. The van der Waals surface area contributed by atoms with Crippen LogP contribution in [0.5, 0.6) is 0 Å². The molecule has 4 rings (SSSR count). The summed E-state index contributed by atoms with van der Waals surface area (Å²) < 4.78 is 5.30. The summed E-state index contributed by atoms with van der Waals surface area (Å²) in [5, 5.41) is 0.539. The third-order valence-electron chi connectivity index (χ3n) is 6.88. The van der Waals surface area contributed by atoms with Gasteiger partial charge in [-0.3, -0.25) is 19.3 Å². The zero-order valence-electron chi connectivity index (χ0n) is 18.0. The molecule has 178 valence electrons. The molecule has 33 heavy (non-hydrogen) atoms. The predicted octanol–water partition coefficient (Wildman–Crippen LogP) is 4.91. The highest BCUT2D eigenvalue weighted by Crippen LogP contribution is 2.60. The molecule has 10 heteroatoms. The molecular weight excluding hydrogens is 601 g/mol. The highest BCUT2D eigenvalue weighted by molar-refractivity contribution is 9.12. The van der Waals surface area contributed by atoms with Crippen LogP contribution >= 0.6 is 55.1 Å². The molecule has 0 unspecified atom stereocenters. The Labute approximate surface area is 218 Å². The van der Waals surface area contributed by atoms with Crippen LogP contribution in [-0.4, -0.2) is 50.8 Å². The van der Waals surface area contributed by atoms with Crippen molar-refractivity contribution in [2.24, 2.45) is 29.6 Å². The second-order valence-electron chi connectivity index (χ2n) is 9.35. The minimum Gasteiger partial charge on any atom is -0.456 e. The van der Waals surface area contributed by atoms with E-state index in [1.54, 1.807) is 0 Å². The van der Waals surface area contributed by atoms with Crippen LogP contribution in [0.1, 0.15) is 37.0 Å². The van der Waals surface area contributed by atoms with Crippen molar-refractivity contribution in [2.45, 2.75) is 42.4 Å². The van der Waals surface area contributed by atoms with E-state index in [4.69, 9.17) is 27.9 Å². The van der Waals surface area contributed by atoms with Gasteiger partial charge in [0.05, 0.1) is 16.9 Å². The molecular formula is C23H23Br2Cl2NO5. The van der Waals surface area contributed by atoms with Gasteiger partial charge in [-0.25, -0.2) is 4.79 Å². The summed E-state index contributed by atoms with van der Waals surface area (Å²) in [6, 6.07) is 3.35. The van der Waals surface area contributed by atoms with Crippen molar-refractivity contribution in [1.82, 2.24) is 4.90 Å². The van der Waals surface area contributed by atoms with E-state index in [1.165, 1.54) is 18.2 Å². The average molecular weight is 624 g/mol. The van der Waals surface area contributed by atoms with Gasteiger partial charge >= 0.3 is 5.97 Å². The Kier molecular flexibility index (Phi) is 7.31. The van der Waals surface area contributed by atoms with E-state index in [0.717, 1.165) is 11.3 Å². The van der Waals surface area contributed by atoms with Gasteiger partial charge in [-0.15, -0.1) is 0 Å². The van der Waals surface area contributed by atoms with Gasteiger partial charge in [0, 0.05) is 20.2 Å². The lowest BCUT2D eigenvalue weighted by Crippen LogP contribution is -2.48. The van der Waals surface area contributed by atoms with E-state index in [2.05, 4.69) is 31.9 Å². The van der Waals surface area contributed by atoms with Crippen LogP contribution in [0.2, 0.25) is 10.0 Å². The van der Waals surface area contributed by atoms with Crippen molar-refractivity contribution in [3.8, 4) is 0 Å². The van der Waals surface area contributed by atoms with E-state index in [-0.39, 0.29) is 56.2 Å². The number of carbonyl (C=O) groups is 4. The zero-order chi connectivity index (χ0) is 24.2. The molecule has 3 aliphatic rings. The van der Waals surface area contributed by atoms with Gasteiger partial charge in [0.25, 0.3) is 0 Å². The van der Waals surface area contributed by atoms with Crippen LogP contribution in [-0.2, 0) is 19.1 Å². The Balaban J connectivity index is 1.51. The van der Waals surface area contributed by atoms with Crippen LogP contribution in [0.15, 0.2) is 18.2 Å². The lowest BCUT2D eigenvalue weighted by atomic mass is 9.81. The maximum atomic E-state index is 13.4. The molecule has 2 saturated carbocycles. The van der Waals surface area contributed by atoms with Crippen LogP contribution in [0.3, 0.4) is 0 Å². The molecule has 2 amide bonds. The maximum Gasteiger partial charge on any atom is 0.329 e. The molecule has 2 aliphatic carbocycles. The van der Waals surface area contributed by atoms with Gasteiger partial charge in [-0.2, -0.15) is 0 Å². The molecule has 1 heterocycles. The van der Waals surface area contributed by atoms with Crippen molar-refractivity contribution < 1.29 is 23.9 Å². The van der Waals surface area contributed by atoms with Crippen molar-refractivity contribution in [2.75, 3.05) is 6.61 Å². The van der Waals surface area contributed by atoms with E-state index in [0.29, 0.717) is 5.02 Å². The van der Waals surface area contributed by atoms with Crippen LogP contribution in [0.4, 0.5) is 0 Å². The summed E-state index contributed by atoms with van der Waals surface area (Å²) >= 11 is 19.3. The number of Topliss-reactive ketones (excluding diaryl/α,β-unsaturated/α-hetero) is 1. The quantitative estimate of drug-likeness (QED) is 0.187. The molecule has 3 fully saturated rings. The number of ether oxygens (including phenoxy) is 1. The normalized spacial score (nSPS) is 31.3. The molecule has 0 radical (unpaired) electrons. The molecule has 6 nitrogen and oxygen atoms in total. The number of carbonyl (C=O) groups excluding carboxylic acids is 4. The van der Waals surface area contributed by atoms with E-state index >= 15 is 0 Å². The Morgan fingerprint density at radius 2 is 1.67 bits per heavy atom. The summed E-state index contributed by atoms with van der Waals surface area (Å²) in [4.78, 5) is 53.7. The number of nitrogens with zero attached hydrogens (tertiary/aromatic N) is 1. The first-order valence-corrected chi connectivity index (χ1v) is 13.4. The molecule has 1 saturated heterocycles. The predicted molar refractivity (Wildman–Crippen MR) is 131 cm³/mol. The number of imide groups is 1. The Hall–Kier alpha value is -0.960. The number of rotatable bonds is 7. The minimum atomic E-state index is -1.06. The number of alkyl halides is 2. The molecule has 7 atom stereocenters. The standard InChI is InChI=1S/C23H23Br2Cl2NO5/c1-9(2)5-15(23(32)33-8-16(29)11-4-3-10(26)6-14(11)27)28-21(30)17-12-7-13(18(17)22(28)31)20(25)19(12)24/h3-4,6,9,12-13,15,17-20H,5,7-8H2,1-2H3/t12-,13-,15-,17-,18+,19-,20+/m0/s1. The van der Waals surface area contributed by atoms with Crippen molar-refractivity contribution in [3.63, 3.8) is 0 Å². The van der Waals surface area contributed by atoms with Crippen LogP contribution in [0.25, 0.3) is 0 Å². The van der Waals surface area contributed by atoms with Gasteiger partial charge in [0.1, 0.15) is 6.04 Å². The number of hydrogen-bond donors (Lipinski definition) is 0. The van der Waals surface area contributed by atoms with Crippen LogP contribution in [0, 0.1) is 29.6 Å². The molecule has 1 aromatic carbocycles. The van der Waals surface area contributed by atoms with Gasteiger partial charge in [-0.05, 0) is 48.8 Å². The van der Waals surface area contributed by atoms with E-state index in [1.807, 2.05) is 13.8 Å². The average Bonchev–Trinajstić information content (AvgIpc) is 3.35. The topological polar surface area (TPSA) is 80.8 Å². The summed E-state index contributed by atoms with van der Waals surface area (Å²) in [5.41, 5.74) is 0.181. The van der Waals surface area contributed by atoms with Gasteiger partial charge in [0.15, 0.2) is 6.61 Å². The Morgan fingerprint density at radius 3 is 2.18 bits per heavy atom. The molecule has 0 N–H and O–H groups in total. The lowest BCUT2D eigenvalue weighted by molar-refractivity contribution is -0.159. The van der Waals surface area contributed by atoms with Crippen molar-refractivity contribution in [1.29, 1.82) is 0 Å². The first-order chi connectivity index (χ1) is 15.5. The van der Waals surface area contributed by atoms with Crippen LogP contribution < -0.4 is 0 Å². The fourth-order valence-electron chi connectivity index (χ4n) is 5.46. The number of halogens is 4. The second kappa shape index (κ2) is 9.59. The lowest BCUT2D eigenvalue weighted by Gasteiger charge is -2.28. The van der Waals surface area contributed by atoms with E-state index < -0.39 is 36.2 Å². The number of fused-ring (bicyclic) bond motifs is 5. The second-order valence-corrected chi connectivity index (χ2v) is 12.3. The third kappa shape index (κ3) is 4.41. The first kappa shape index (κ1) is 25.1. The molecule has 0 spiro atoms. The molecule has 0 aromatic heterocycles. The van der Waals surface area contributed by atoms with Crippen molar-refractivity contribution in [3.05, 3.63) is 33.8 Å². The monoisotopic (exact) mass is 621 g/mol.